The van der Waals surface area contributed by atoms with Gasteiger partial charge in [0.1, 0.15) is 5.75 Å². The summed E-state index contributed by atoms with van der Waals surface area (Å²) >= 11 is 0. The minimum absolute atomic E-state index is 0.0341. The van der Waals surface area contributed by atoms with Crippen LogP contribution in [0, 0.1) is 0 Å². The number of ether oxygens (including phenoxy) is 1. The van der Waals surface area contributed by atoms with E-state index < -0.39 is 0 Å². The Morgan fingerprint density at radius 2 is 1.80 bits per heavy atom. The van der Waals surface area contributed by atoms with Crippen molar-refractivity contribution in [1.29, 1.82) is 0 Å². The third-order valence-corrected chi connectivity index (χ3v) is 2.88. The summed E-state index contributed by atoms with van der Waals surface area (Å²) in [6.45, 7) is 0.702. The van der Waals surface area contributed by atoms with Crippen LogP contribution in [0.1, 0.15) is 15.9 Å². The van der Waals surface area contributed by atoms with Crippen LogP contribution >= 0.6 is 0 Å². The smallest absolute Gasteiger partial charge is 0.187 e. The molecule has 0 heterocycles. The van der Waals surface area contributed by atoms with Crippen LogP contribution in [0.15, 0.2) is 66.9 Å². The van der Waals surface area contributed by atoms with E-state index in [1.165, 1.54) is 11.6 Å². The Morgan fingerprint density at radius 3 is 2.45 bits per heavy atom. The van der Waals surface area contributed by atoms with Crippen molar-refractivity contribution in [2.45, 2.75) is 6.54 Å². The summed E-state index contributed by atoms with van der Waals surface area (Å²) in [5, 5.41) is 3.10. The van der Waals surface area contributed by atoms with Crippen LogP contribution in [0.3, 0.4) is 0 Å². The molecule has 0 saturated carbocycles. The summed E-state index contributed by atoms with van der Waals surface area (Å²) in [4.78, 5) is 11.9. The highest BCUT2D eigenvalue weighted by molar-refractivity contribution is 6.04. The van der Waals surface area contributed by atoms with Crippen molar-refractivity contribution in [2.75, 3.05) is 7.11 Å². The van der Waals surface area contributed by atoms with Gasteiger partial charge in [0.05, 0.1) is 7.11 Å². The molecule has 0 aliphatic heterocycles. The molecular weight excluding hydrogens is 250 g/mol. The lowest BCUT2D eigenvalue weighted by Gasteiger charge is -2.01. The number of allylic oxidation sites excluding steroid dienone is 1. The molecule has 3 heteroatoms. The average molecular weight is 267 g/mol. The Kier molecular flexibility index (Phi) is 4.95. The predicted octanol–water partition coefficient (Wildman–Crippen LogP) is 3.18. The first-order chi connectivity index (χ1) is 9.79. The first-order valence-corrected chi connectivity index (χ1v) is 6.42. The van der Waals surface area contributed by atoms with E-state index in [1.807, 2.05) is 30.3 Å². The van der Waals surface area contributed by atoms with Crippen LogP contribution in [0.5, 0.6) is 5.75 Å². The van der Waals surface area contributed by atoms with Crippen molar-refractivity contribution in [1.82, 2.24) is 5.32 Å². The van der Waals surface area contributed by atoms with Gasteiger partial charge in [0.2, 0.25) is 0 Å². The number of ketones is 1. The van der Waals surface area contributed by atoms with Gasteiger partial charge in [-0.15, -0.1) is 0 Å². The van der Waals surface area contributed by atoms with E-state index in [0.717, 1.165) is 5.75 Å². The molecule has 2 rings (SSSR count). The normalized spacial score (nSPS) is 10.4. The Balaban J connectivity index is 1.85. The number of carbonyl (C=O) groups excluding carboxylic acids is 1. The number of hydrogen-bond donors (Lipinski definition) is 1. The molecule has 102 valence electrons. The van der Waals surface area contributed by atoms with Crippen LogP contribution in [-0.4, -0.2) is 12.9 Å². The quantitative estimate of drug-likeness (QED) is 0.645. The number of rotatable bonds is 6. The summed E-state index contributed by atoms with van der Waals surface area (Å²) in [6.07, 6.45) is 3.21. The maximum Gasteiger partial charge on any atom is 0.187 e. The summed E-state index contributed by atoms with van der Waals surface area (Å²) < 4.78 is 5.05. The lowest BCUT2D eigenvalue weighted by atomic mass is 10.1. The molecule has 0 spiro atoms. The first kappa shape index (κ1) is 13.9. The minimum Gasteiger partial charge on any atom is -0.497 e. The highest BCUT2D eigenvalue weighted by atomic mass is 16.5. The van der Waals surface area contributed by atoms with Crippen molar-refractivity contribution in [3.8, 4) is 5.75 Å². The molecule has 0 aliphatic carbocycles. The van der Waals surface area contributed by atoms with Gasteiger partial charge in [-0.25, -0.2) is 0 Å². The molecule has 2 aromatic carbocycles. The average Bonchev–Trinajstić information content (AvgIpc) is 2.52. The standard InChI is InChI=1S/C17H17NO2/c1-20-16-9-7-15(8-10-16)17(19)11-12-18-13-14-5-3-2-4-6-14/h2-12,18H,13H2,1H3. The van der Waals surface area contributed by atoms with E-state index in [4.69, 9.17) is 4.74 Å². The Labute approximate surface area is 118 Å². The third-order valence-electron chi connectivity index (χ3n) is 2.88. The molecule has 2 aromatic rings. The van der Waals surface area contributed by atoms with Gasteiger partial charge in [-0.2, -0.15) is 0 Å². The SMILES string of the molecule is COc1ccc(C(=O)C=CNCc2ccccc2)cc1. The fourth-order valence-corrected chi connectivity index (χ4v) is 1.76. The molecule has 0 unspecified atom stereocenters. The summed E-state index contributed by atoms with van der Waals surface area (Å²) in [5.41, 5.74) is 1.82. The Bertz CT molecular complexity index is 574. The van der Waals surface area contributed by atoms with E-state index in [9.17, 15) is 4.79 Å². The lowest BCUT2D eigenvalue weighted by molar-refractivity contribution is 0.104. The molecule has 0 saturated heterocycles. The molecule has 0 bridgehead atoms. The van der Waals surface area contributed by atoms with Gasteiger partial charge in [-0.05, 0) is 29.8 Å². The molecule has 0 atom stereocenters. The van der Waals surface area contributed by atoms with Gasteiger partial charge < -0.3 is 10.1 Å². The van der Waals surface area contributed by atoms with Crippen molar-refractivity contribution < 1.29 is 9.53 Å². The molecule has 1 N–H and O–H groups in total. The number of benzene rings is 2. The summed E-state index contributed by atoms with van der Waals surface area (Å²) in [6, 6.07) is 17.1. The minimum atomic E-state index is -0.0341. The second-order valence-electron chi connectivity index (χ2n) is 4.29. The van der Waals surface area contributed by atoms with Crippen LogP contribution in [0.4, 0.5) is 0 Å². The maximum atomic E-state index is 11.9. The molecule has 20 heavy (non-hydrogen) atoms. The summed E-state index contributed by atoms with van der Waals surface area (Å²) in [5.74, 6) is 0.709. The molecule has 0 aromatic heterocycles. The third kappa shape index (κ3) is 3.99. The lowest BCUT2D eigenvalue weighted by Crippen LogP contribution is -2.05. The van der Waals surface area contributed by atoms with E-state index in [0.29, 0.717) is 12.1 Å². The molecule has 0 radical (unpaired) electrons. The molecular formula is C17H17NO2. The molecule has 3 nitrogen and oxygen atoms in total. The number of nitrogens with one attached hydrogen (secondary N) is 1. The van der Waals surface area contributed by atoms with Gasteiger partial charge in [-0.3, -0.25) is 4.79 Å². The summed E-state index contributed by atoms with van der Waals surface area (Å²) in [7, 11) is 1.60. The zero-order valence-corrected chi connectivity index (χ0v) is 11.4. The van der Waals surface area contributed by atoms with Gasteiger partial charge in [0, 0.05) is 24.4 Å². The van der Waals surface area contributed by atoms with Gasteiger partial charge >= 0.3 is 0 Å². The van der Waals surface area contributed by atoms with Gasteiger partial charge in [-0.1, -0.05) is 30.3 Å². The van der Waals surface area contributed by atoms with Crippen LogP contribution in [0.25, 0.3) is 0 Å². The largest absolute Gasteiger partial charge is 0.497 e. The Hall–Kier alpha value is -2.55. The highest BCUT2D eigenvalue weighted by Gasteiger charge is 2.01. The van der Waals surface area contributed by atoms with Crippen molar-refractivity contribution in [2.24, 2.45) is 0 Å². The van der Waals surface area contributed by atoms with Crippen molar-refractivity contribution in [3.05, 3.63) is 78.0 Å². The monoisotopic (exact) mass is 267 g/mol. The van der Waals surface area contributed by atoms with E-state index in [-0.39, 0.29) is 5.78 Å². The van der Waals surface area contributed by atoms with Crippen molar-refractivity contribution >= 4 is 5.78 Å². The van der Waals surface area contributed by atoms with Gasteiger partial charge in [0.25, 0.3) is 0 Å². The second kappa shape index (κ2) is 7.14. The number of hydrogen-bond acceptors (Lipinski definition) is 3. The molecule has 0 fully saturated rings. The zero-order chi connectivity index (χ0) is 14.2. The first-order valence-electron chi connectivity index (χ1n) is 6.42. The number of carbonyl (C=O) groups is 1. The number of methoxy groups -OCH3 is 1. The fraction of sp³-hybridized carbons (Fsp3) is 0.118. The maximum absolute atomic E-state index is 11.9. The van der Waals surface area contributed by atoms with E-state index in [2.05, 4.69) is 5.32 Å². The van der Waals surface area contributed by atoms with Crippen LogP contribution in [0.2, 0.25) is 0 Å². The van der Waals surface area contributed by atoms with E-state index in [1.54, 1.807) is 37.6 Å². The fourth-order valence-electron chi connectivity index (χ4n) is 1.76. The van der Waals surface area contributed by atoms with Crippen LogP contribution < -0.4 is 10.1 Å². The topological polar surface area (TPSA) is 38.3 Å². The van der Waals surface area contributed by atoms with Crippen molar-refractivity contribution in [3.63, 3.8) is 0 Å². The molecule has 0 aliphatic rings. The predicted molar refractivity (Wildman–Crippen MR) is 79.7 cm³/mol. The Morgan fingerprint density at radius 1 is 1.10 bits per heavy atom. The highest BCUT2D eigenvalue weighted by Crippen LogP contribution is 2.11. The van der Waals surface area contributed by atoms with E-state index >= 15 is 0 Å². The zero-order valence-electron chi connectivity index (χ0n) is 11.4. The van der Waals surface area contributed by atoms with Crippen LogP contribution in [-0.2, 0) is 6.54 Å². The molecule has 0 amide bonds. The van der Waals surface area contributed by atoms with Gasteiger partial charge in [0.15, 0.2) is 5.78 Å². The second-order valence-corrected chi connectivity index (χ2v) is 4.29.